The van der Waals surface area contributed by atoms with Crippen LogP contribution < -0.4 is 10.6 Å². The molecular formula is C13H22N4O. The third kappa shape index (κ3) is 2.97. The van der Waals surface area contributed by atoms with Crippen LogP contribution in [0.15, 0.2) is 6.07 Å². The number of anilines is 1. The van der Waals surface area contributed by atoms with Crippen molar-refractivity contribution >= 4 is 5.82 Å². The fraction of sp³-hybridized carbons (Fsp3) is 0.692. The number of morpholine rings is 1. The fourth-order valence-electron chi connectivity index (χ4n) is 2.45. The van der Waals surface area contributed by atoms with Gasteiger partial charge in [0.1, 0.15) is 11.6 Å². The minimum Gasteiger partial charge on any atom is -0.367 e. The van der Waals surface area contributed by atoms with Crippen LogP contribution in [-0.2, 0) is 4.74 Å². The zero-order valence-corrected chi connectivity index (χ0v) is 11.6. The molecule has 5 heteroatoms. The number of rotatable bonds is 2. The third-order valence-electron chi connectivity index (χ3n) is 3.02. The summed E-state index contributed by atoms with van der Waals surface area (Å²) in [5.74, 6) is 1.77. The third-order valence-corrected chi connectivity index (χ3v) is 3.02. The summed E-state index contributed by atoms with van der Waals surface area (Å²) >= 11 is 0. The maximum atomic E-state index is 5.93. The highest BCUT2D eigenvalue weighted by Gasteiger charge is 2.33. The summed E-state index contributed by atoms with van der Waals surface area (Å²) < 4.78 is 5.93. The molecule has 2 rings (SSSR count). The van der Waals surface area contributed by atoms with E-state index in [4.69, 9.17) is 10.5 Å². The second kappa shape index (κ2) is 4.82. The maximum Gasteiger partial charge on any atom is 0.132 e. The van der Waals surface area contributed by atoms with Crippen molar-refractivity contribution in [2.75, 3.05) is 24.5 Å². The highest BCUT2D eigenvalue weighted by molar-refractivity contribution is 5.41. The van der Waals surface area contributed by atoms with Crippen LogP contribution in [-0.4, -0.2) is 41.3 Å². The predicted molar refractivity (Wildman–Crippen MR) is 71.7 cm³/mol. The monoisotopic (exact) mass is 250 g/mol. The molecule has 2 heterocycles. The first kappa shape index (κ1) is 13.2. The van der Waals surface area contributed by atoms with Gasteiger partial charge in [0, 0.05) is 31.4 Å². The Labute approximate surface area is 108 Å². The molecule has 0 saturated carbocycles. The van der Waals surface area contributed by atoms with Crippen LogP contribution in [0.4, 0.5) is 5.82 Å². The lowest BCUT2D eigenvalue weighted by atomic mass is 10.1. The van der Waals surface area contributed by atoms with E-state index in [1.165, 1.54) is 0 Å². The van der Waals surface area contributed by atoms with E-state index in [2.05, 4.69) is 28.7 Å². The maximum absolute atomic E-state index is 5.93. The smallest absolute Gasteiger partial charge is 0.132 e. The van der Waals surface area contributed by atoms with E-state index in [1.54, 1.807) is 0 Å². The molecule has 1 aliphatic rings. The molecule has 0 spiro atoms. The van der Waals surface area contributed by atoms with E-state index in [1.807, 2.05) is 19.9 Å². The van der Waals surface area contributed by atoms with Gasteiger partial charge in [0.2, 0.25) is 0 Å². The molecule has 1 aromatic rings. The Morgan fingerprint density at radius 1 is 1.44 bits per heavy atom. The highest BCUT2D eigenvalue weighted by atomic mass is 16.5. The minimum atomic E-state index is -0.199. The zero-order chi connectivity index (χ0) is 13.3. The molecule has 1 atom stereocenters. The predicted octanol–water partition coefficient (Wildman–Crippen LogP) is 1.04. The number of hydrogen-bond donors (Lipinski definition) is 1. The van der Waals surface area contributed by atoms with E-state index >= 15 is 0 Å². The first-order valence-electron chi connectivity index (χ1n) is 6.35. The Morgan fingerprint density at radius 3 is 2.78 bits per heavy atom. The van der Waals surface area contributed by atoms with Crippen LogP contribution in [0.3, 0.4) is 0 Å². The van der Waals surface area contributed by atoms with Gasteiger partial charge in [-0.05, 0) is 27.7 Å². The highest BCUT2D eigenvalue weighted by Crippen LogP contribution is 2.24. The van der Waals surface area contributed by atoms with Gasteiger partial charge in [-0.3, -0.25) is 0 Å². The molecule has 2 N–H and O–H groups in total. The molecule has 100 valence electrons. The van der Waals surface area contributed by atoms with Crippen LogP contribution in [0.1, 0.15) is 25.4 Å². The summed E-state index contributed by atoms with van der Waals surface area (Å²) in [6, 6.07) is 2.02. The summed E-state index contributed by atoms with van der Waals surface area (Å²) in [5, 5.41) is 0. The average molecular weight is 250 g/mol. The summed E-state index contributed by atoms with van der Waals surface area (Å²) in [5.41, 5.74) is 6.53. The van der Waals surface area contributed by atoms with Gasteiger partial charge in [-0.1, -0.05) is 0 Å². The first-order valence-corrected chi connectivity index (χ1v) is 6.35. The molecule has 1 saturated heterocycles. The van der Waals surface area contributed by atoms with E-state index < -0.39 is 0 Å². The molecule has 0 amide bonds. The Morgan fingerprint density at radius 2 is 2.17 bits per heavy atom. The molecule has 1 aliphatic heterocycles. The number of ether oxygens (including phenoxy) is 1. The lowest BCUT2D eigenvalue weighted by Crippen LogP contribution is -2.55. The van der Waals surface area contributed by atoms with Crippen LogP contribution in [0.2, 0.25) is 0 Å². The molecule has 18 heavy (non-hydrogen) atoms. The van der Waals surface area contributed by atoms with Crippen molar-refractivity contribution in [2.45, 2.75) is 39.4 Å². The molecule has 1 unspecified atom stereocenters. The second-order valence-corrected chi connectivity index (χ2v) is 5.53. The van der Waals surface area contributed by atoms with Crippen molar-refractivity contribution in [3.63, 3.8) is 0 Å². The van der Waals surface area contributed by atoms with Gasteiger partial charge in [-0.25, -0.2) is 9.97 Å². The molecule has 0 aromatic carbocycles. The molecule has 0 bridgehead atoms. The quantitative estimate of drug-likeness (QED) is 0.849. The largest absolute Gasteiger partial charge is 0.367 e. The number of nitrogens with two attached hydrogens (primary N) is 1. The summed E-state index contributed by atoms with van der Waals surface area (Å²) in [6.45, 7) is 10.2. The van der Waals surface area contributed by atoms with Crippen molar-refractivity contribution < 1.29 is 4.74 Å². The fourth-order valence-corrected chi connectivity index (χ4v) is 2.45. The topological polar surface area (TPSA) is 64.3 Å². The Bertz CT molecular complexity index is 413. The standard InChI is InChI=1S/C13H22N4O/c1-9-5-12(16-10(2)15-9)17-7-11(6-14)18-13(3,4)8-17/h5,11H,6-8,14H2,1-4H3. The van der Waals surface area contributed by atoms with E-state index in [0.717, 1.165) is 30.4 Å². The Balaban J connectivity index is 2.26. The van der Waals surface area contributed by atoms with Crippen LogP contribution in [0, 0.1) is 13.8 Å². The summed E-state index contributed by atoms with van der Waals surface area (Å²) in [4.78, 5) is 11.1. The summed E-state index contributed by atoms with van der Waals surface area (Å²) in [7, 11) is 0. The second-order valence-electron chi connectivity index (χ2n) is 5.53. The van der Waals surface area contributed by atoms with Gasteiger partial charge in [0.05, 0.1) is 11.7 Å². The van der Waals surface area contributed by atoms with Gasteiger partial charge in [0.15, 0.2) is 0 Å². The number of nitrogens with zero attached hydrogens (tertiary/aromatic N) is 3. The number of aryl methyl sites for hydroxylation is 2. The minimum absolute atomic E-state index is 0.0596. The molecule has 0 aliphatic carbocycles. The Hall–Kier alpha value is -1.20. The van der Waals surface area contributed by atoms with Crippen molar-refractivity contribution in [1.82, 2.24) is 9.97 Å². The SMILES string of the molecule is Cc1cc(N2CC(CN)OC(C)(C)C2)nc(C)n1. The van der Waals surface area contributed by atoms with E-state index in [0.29, 0.717) is 6.54 Å². The van der Waals surface area contributed by atoms with Gasteiger partial charge in [-0.2, -0.15) is 0 Å². The van der Waals surface area contributed by atoms with Gasteiger partial charge >= 0.3 is 0 Å². The van der Waals surface area contributed by atoms with Gasteiger partial charge < -0.3 is 15.4 Å². The van der Waals surface area contributed by atoms with Crippen molar-refractivity contribution in [3.8, 4) is 0 Å². The molecule has 1 aromatic heterocycles. The van der Waals surface area contributed by atoms with Crippen molar-refractivity contribution in [2.24, 2.45) is 5.73 Å². The number of aromatic nitrogens is 2. The van der Waals surface area contributed by atoms with Crippen LogP contribution >= 0.6 is 0 Å². The molecule has 1 fully saturated rings. The number of hydrogen-bond acceptors (Lipinski definition) is 5. The van der Waals surface area contributed by atoms with Crippen LogP contribution in [0.5, 0.6) is 0 Å². The lowest BCUT2D eigenvalue weighted by molar-refractivity contribution is -0.0790. The summed E-state index contributed by atoms with van der Waals surface area (Å²) in [6.07, 6.45) is 0.0596. The average Bonchev–Trinajstić information content (AvgIpc) is 2.25. The first-order chi connectivity index (χ1) is 8.39. The van der Waals surface area contributed by atoms with Crippen molar-refractivity contribution in [1.29, 1.82) is 0 Å². The lowest BCUT2D eigenvalue weighted by Gasteiger charge is -2.43. The van der Waals surface area contributed by atoms with Gasteiger partial charge in [0.25, 0.3) is 0 Å². The zero-order valence-electron chi connectivity index (χ0n) is 11.6. The normalized spacial score (nSPS) is 23.2. The van der Waals surface area contributed by atoms with E-state index in [9.17, 15) is 0 Å². The Kier molecular flexibility index (Phi) is 3.54. The molecular weight excluding hydrogens is 228 g/mol. The molecule has 5 nitrogen and oxygen atoms in total. The molecule has 0 radical (unpaired) electrons. The van der Waals surface area contributed by atoms with Crippen LogP contribution in [0.25, 0.3) is 0 Å². The van der Waals surface area contributed by atoms with Crippen molar-refractivity contribution in [3.05, 3.63) is 17.6 Å². The van der Waals surface area contributed by atoms with E-state index in [-0.39, 0.29) is 11.7 Å². The van der Waals surface area contributed by atoms with Gasteiger partial charge in [-0.15, -0.1) is 0 Å².